The first-order chi connectivity index (χ1) is 8.54. The zero-order valence-corrected chi connectivity index (χ0v) is 10.7. The average molecular weight is 273 g/mol. The van der Waals surface area contributed by atoms with Crippen molar-refractivity contribution in [3.63, 3.8) is 0 Å². The lowest BCUT2D eigenvalue weighted by molar-refractivity contribution is 0.170. The van der Waals surface area contributed by atoms with E-state index in [-0.39, 0.29) is 17.4 Å². The van der Waals surface area contributed by atoms with Gasteiger partial charge < -0.3 is 5.11 Å². The zero-order chi connectivity index (χ0) is 13.2. The largest absolute Gasteiger partial charge is 0.396 e. The second-order valence-corrected chi connectivity index (χ2v) is 6.43. The molecule has 1 fully saturated rings. The topological polar surface area (TPSA) is 57.6 Å². The molecular formula is C12H16FNO3S. The molecule has 0 amide bonds. The molecule has 18 heavy (non-hydrogen) atoms. The van der Waals surface area contributed by atoms with Gasteiger partial charge in [0.1, 0.15) is 5.82 Å². The molecule has 0 aliphatic carbocycles. The van der Waals surface area contributed by atoms with Crippen molar-refractivity contribution in [2.24, 2.45) is 5.92 Å². The predicted molar refractivity (Wildman–Crippen MR) is 65.0 cm³/mol. The van der Waals surface area contributed by atoms with Crippen LogP contribution in [0.5, 0.6) is 0 Å². The van der Waals surface area contributed by atoms with Gasteiger partial charge in [-0.05, 0) is 37.0 Å². The van der Waals surface area contributed by atoms with Gasteiger partial charge in [-0.1, -0.05) is 6.07 Å². The smallest absolute Gasteiger partial charge is 0.243 e. The number of sulfonamides is 1. The van der Waals surface area contributed by atoms with Crippen LogP contribution in [-0.2, 0) is 10.0 Å². The van der Waals surface area contributed by atoms with Crippen molar-refractivity contribution in [1.29, 1.82) is 0 Å². The molecule has 100 valence electrons. The highest BCUT2D eigenvalue weighted by Gasteiger charge is 2.29. The number of aliphatic hydroxyl groups is 1. The number of rotatable bonds is 3. The van der Waals surface area contributed by atoms with Crippen molar-refractivity contribution in [1.82, 2.24) is 4.31 Å². The van der Waals surface area contributed by atoms with E-state index in [2.05, 4.69) is 0 Å². The highest BCUT2D eigenvalue weighted by Crippen LogP contribution is 2.23. The van der Waals surface area contributed by atoms with Crippen molar-refractivity contribution < 1.29 is 17.9 Å². The lowest BCUT2D eigenvalue weighted by Crippen LogP contribution is -2.39. The molecule has 4 nitrogen and oxygen atoms in total. The molecule has 0 bridgehead atoms. The average Bonchev–Trinajstić information content (AvgIpc) is 2.39. The minimum absolute atomic E-state index is 0.00931. The Kier molecular flexibility index (Phi) is 3.99. The molecule has 1 heterocycles. The van der Waals surface area contributed by atoms with Gasteiger partial charge in [-0.15, -0.1) is 0 Å². The summed E-state index contributed by atoms with van der Waals surface area (Å²) in [4.78, 5) is -0.00931. The summed E-state index contributed by atoms with van der Waals surface area (Å²) in [6.45, 7) is 0.849. The van der Waals surface area contributed by atoms with Crippen LogP contribution in [0.25, 0.3) is 0 Å². The standard InChI is InChI=1S/C12H16FNO3S/c13-11-2-1-3-12(8-11)18(16,17)14-6-4-10(9-15)5-7-14/h1-3,8,10,15H,4-7,9H2. The van der Waals surface area contributed by atoms with Crippen LogP contribution in [0, 0.1) is 11.7 Å². The summed E-state index contributed by atoms with van der Waals surface area (Å²) in [7, 11) is -3.60. The van der Waals surface area contributed by atoms with Crippen LogP contribution in [-0.4, -0.2) is 37.5 Å². The van der Waals surface area contributed by atoms with Gasteiger partial charge in [0.05, 0.1) is 4.90 Å². The molecule has 0 unspecified atom stereocenters. The monoisotopic (exact) mass is 273 g/mol. The molecule has 0 atom stereocenters. The van der Waals surface area contributed by atoms with Crippen LogP contribution in [0.2, 0.25) is 0 Å². The van der Waals surface area contributed by atoms with Crippen molar-refractivity contribution in [2.75, 3.05) is 19.7 Å². The third-order valence-electron chi connectivity index (χ3n) is 3.27. The zero-order valence-electron chi connectivity index (χ0n) is 9.92. The van der Waals surface area contributed by atoms with Crippen molar-refractivity contribution in [2.45, 2.75) is 17.7 Å². The van der Waals surface area contributed by atoms with Crippen molar-refractivity contribution in [3.8, 4) is 0 Å². The van der Waals surface area contributed by atoms with E-state index in [0.717, 1.165) is 6.07 Å². The molecule has 1 aromatic rings. The first kappa shape index (κ1) is 13.5. The molecule has 1 aliphatic heterocycles. The molecule has 1 aromatic carbocycles. The normalized spacial score (nSPS) is 19.0. The third kappa shape index (κ3) is 2.71. The highest BCUT2D eigenvalue weighted by atomic mass is 32.2. The van der Waals surface area contributed by atoms with E-state index >= 15 is 0 Å². The minimum atomic E-state index is -3.60. The van der Waals surface area contributed by atoms with E-state index in [0.29, 0.717) is 25.9 Å². The summed E-state index contributed by atoms with van der Waals surface area (Å²) >= 11 is 0. The van der Waals surface area contributed by atoms with E-state index < -0.39 is 15.8 Å². The Morgan fingerprint density at radius 3 is 2.56 bits per heavy atom. The molecule has 1 N–H and O–H groups in total. The Bertz CT molecular complexity index is 510. The number of nitrogens with zero attached hydrogens (tertiary/aromatic N) is 1. The Morgan fingerprint density at radius 1 is 1.33 bits per heavy atom. The summed E-state index contributed by atoms with van der Waals surface area (Å²) in [6.07, 6.45) is 1.29. The number of aliphatic hydroxyl groups excluding tert-OH is 1. The van der Waals surface area contributed by atoms with Crippen molar-refractivity contribution >= 4 is 10.0 Å². The second-order valence-electron chi connectivity index (χ2n) is 4.49. The van der Waals surface area contributed by atoms with E-state index in [1.807, 2.05) is 0 Å². The fraction of sp³-hybridized carbons (Fsp3) is 0.500. The number of halogens is 1. The van der Waals surface area contributed by atoms with Crippen LogP contribution in [0.1, 0.15) is 12.8 Å². The van der Waals surface area contributed by atoms with Crippen LogP contribution in [0.15, 0.2) is 29.2 Å². The molecular weight excluding hydrogens is 257 g/mol. The van der Waals surface area contributed by atoms with Crippen molar-refractivity contribution in [3.05, 3.63) is 30.1 Å². The van der Waals surface area contributed by atoms with Gasteiger partial charge in [0.2, 0.25) is 10.0 Å². The van der Waals surface area contributed by atoms with Gasteiger partial charge in [-0.2, -0.15) is 4.31 Å². The van der Waals surface area contributed by atoms with Crippen LogP contribution in [0.4, 0.5) is 4.39 Å². The summed E-state index contributed by atoms with van der Waals surface area (Å²) in [6, 6.07) is 5.05. The molecule has 0 spiro atoms. The molecule has 0 radical (unpaired) electrons. The maximum absolute atomic E-state index is 13.1. The highest BCUT2D eigenvalue weighted by molar-refractivity contribution is 7.89. The molecule has 0 saturated carbocycles. The number of hydrogen-bond acceptors (Lipinski definition) is 3. The third-order valence-corrected chi connectivity index (χ3v) is 5.16. The lowest BCUT2D eigenvalue weighted by atomic mass is 10.00. The Hall–Kier alpha value is -0.980. The van der Waals surface area contributed by atoms with E-state index in [4.69, 9.17) is 5.11 Å². The van der Waals surface area contributed by atoms with Gasteiger partial charge in [-0.3, -0.25) is 0 Å². The Morgan fingerprint density at radius 2 is 2.00 bits per heavy atom. The van der Waals surface area contributed by atoms with Crippen LogP contribution < -0.4 is 0 Å². The molecule has 1 aliphatic rings. The fourth-order valence-corrected chi connectivity index (χ4v) is 3.61. The fourth-order valence-electron chi connectivity index (χ4n) is 2.11. The van der Waals surface area contributed by atoms with Gasteiger partial charge in [0.15, 0.2) is 0 Å². The summed E-state index contributed by atoms with van der Waals surface area (Å²) in [5.74, 6) is -0.384. The molecule has 6 heteroatoms. The quantitative estimate of drug-likeness (QED) is 0.901. The lowest BCUT2D eigenvalue weighted by Gasteiger charge is -2.30. The van der Waals surface area contributed by atoms with Gasteiger partial charge >= 0.3 is 0 Å². The SMILES string of the molecule is O=S(=O)(c1cccc(F)c1)N1CCC(CO)CC1. The first-order valence-corrected chi connectivity index (χ1v) is 7.34. The maximum Gasteiger partial charge on any atom is 0.243 e. The van der Waals surface area contributed by atoms with Crippen LogP contribution in [0.3, 0.4) is 0 Å². The van der Waals surface area contributed by atoms with Crippen LogP contribution >= 0.6 is 0 Å². The van der Waals surface area contributed by atoms with Gasteiger partial charge in [-0.25, -0.2) is 12.8 Å². The number of piperidine rings is 1. The van der Waals surface area contributed by atoms with Gasteiger partial charge in [0, 0.05) is 19.7 Å². The van der Waals surface area contributed by atoms with E-state index in [1.54, 1.807) is 0 Å². The van der Waals surface area contributed by atoms with E-state index in [1.165, 1.54) is 22.5 Å². The summed E-state index contributed by atoms with van der Waals surface area (Å²) < 4.78 is 38.9. The minimum Gasteiger partial charge on any atom is -0.396 e. The second kappa shape index (κ2) is 5.34. The van der Waals surface area contributed by atoms with Gasteiger partial charge in [0.25, 0.3) is 0 Å². The Balaban J connectivity index is 2.17. The Labute approximate surface area is 106 Å². The first-order valence-electron chi connectivity index (χ1n) is 5.90. The number of benzene rings is 1. The molecule has 2 rings (SSSR count). The maximum atomic E-state index is 13.1. The number of hydrogen-bond donors (Lipinski definition) is 1. The summed E-state index contributed by atoms with van der Waals surface area (Å²) in [5, 5.41) is 9.02. The van der Waals surface area contributed by atoms with E-state index in [9.17, 15) is 12.8 Å². The summed E-state index contributed by atoms with van der Waals surface area (Å²) in [5.41, 5.74) is 0. The molecule has 0 aromatic heterocycles. The molecule has 1 saturated heterocycles. The predicted octanol–water partition coefficient (Wildman–Crippen LogP) is 1.22.